The summed E-state index contributed by atoms with van der Waals surface area (Å²) in [6.07, 6.45) is 15.1. The molecule has 1 aromatic carbocycles. The maximum atomic E-state index is 13.9. The van der Waals surface area contributed by atoms with Gasteiger partial charge in [0.05, 0.1) is 40.3 Å². The lowest BCUT2D eigenvalue weighted by molar-refractivity contribution is -0.177. The van der Waals surface area contributed by atoms with Crippen LogP contribution >= 0.6 is 11.8 Å². The summed E-state index contributed by atoms with van der Waals surface area (Å²) in [5.74, 6) is 0.705. The van der Waals surface area contributed by atoms with Crippen molar-refractivity contribution < 1.29 is 15.0 Å². The van der Waals surface area contributed by atoms with Gasteiger partial charge in [0.1, 0.15) is 5.60 Å². The summed E-state index contributed by atoms with van der Waals surface area (Å²) in [4.78, 5) is 18.6. The Hall–Kier alpha value is -2.48. The monoisotopic (exact) mass is 611 g/mol. The number of hydrogen-bond acceptors (Lipinski definition) is 6. The lowest BCUT2D eigenvalue weighted by Gasteiger charge is -2.60. The number of allylic oxidation sites excluding steroid dienone is 1. The largest absolute Gasteiger partial charge is 0.393 e. The Labute approximate surface area is 264 Å². The van der Waals surface area contributed by atoms with E-state index in [0.717, 1.165) is 41.6 Å². The van der Waals surface area contributed by atoms with Crippen LogP contribution in [0.1, 0.15) is 95.4 Å². The summed E-state index contributed by atoms with van der Waals surface area (Å²) in [5.41, 5.74) is 2.82. The lowest BCUT2D eigenvalue weighted by atomic mass is 9.45. The Morgan fingerprint density at radius 3 is 2.73 bits per heavy atom. The molecule has 0 aliphatic heterocycles. The highest BCUT2D eigenvalue weighted by molar-refractivity contribution is 7.99. The zero-order chi connectivity index (χ0) is 30.3. The molecule has 5 aliphatic rings. The fraction of sp³-hybridized carbons (Fsp3) is 0.595. The first-order chi connectivity index (χ1) is 21.2. The predicted octanol–water partition coefficient (Wildman–Crippen LogP) is 7.18. The van der Waals surface area contributed by atoms with Gasteiger partial charge in [-0.1, -0.05) is 74.7 Å². The molecule has 0 amide bonds. The molecule has 5 aliphatic carbocycles. The van der Waals surface area contributed by atoms with Crippen LogP contribution in [0, 0.1) is 28.6 Å². The van der Waals surface area contributed by atoms with Crippen molar-refractivity contribution in [3.05, 3.63) is 59.4 Å². The second kappa shape index (κ2) is 10.5. The molecule has 6 nitrogen and oxygen atoms in total. The van der Waals surface area contributed by atoms with E-state index < -0.39 is 17.1 Å². The van der Waals surface area contributed by atoms with Crippen LogP contribution in [0.2, 0.25) is 0 Å². The number of carbonyl (C=O) groups excluding carboxylic acids is 1. The molecule has 2 N–H and O–H groups in total. The third-order valence-electron chi connectivity index (χ3n) is 12.9. The number of hydrogen-bond donors (Lipinski definition) is 2. The molecule has 4 fully saturated rings. The predicted molar refractivity (Wildman–Crippen MR) is 174 cm³/mol. The minimum atomic E-state index is -1.43. The number of pyridine rings is 1. The van der Waals surface area contributed by atoms with Gasteiger partial charge < -0.3 is 10.2 Å². The summed E-state index contributed by atoms with van der Waals surface area (Å²) in [5, 5.41) is 31.0. The Kier molecular flexibility index (Phi) is 6.93. The number of ketones is 1. The molecule has 7 atom stereocenters. The summed E-state index contributed by atoms with van der Waals surface area (Å²) >= 11 is 1.41. The number of benzene rings is 1. The van der Waals surface area contributed by atoms with E-state index in [0.29, 0.717) is 18.9 Å². The van der Waals surface area contributed by atoms with E-state index in [1.165, 1.54) is 60.7 Å². The van der Waals surface area contributed by atoms with Gasteiger partial charge in [-0.15, -0.1) is 0 Å². The maximum Gasteiger partial charge on any atom is 0.175 e. The number of aromatic nitrogens is 3. The van der Waals surface area contributed by atoms with Gasteiger partial charge in [-0.05, 0) is 98.3 Å². The summed E-state index contributed by atoms with van der Waals surface area (Å²) in [6.45, 7) is 4.48. The van der Waals surface area contributed by atoms with E-state index in [2.05, 4.69) is 30.8 Å². The van der Waals surface area contributed by atoms with Crippen molar-refractivity contribution in [1.29, 1.82) is 0 Å². The number of aliphatic hydroxyl groups is 2. The molecule has 7 heteroatoms. The van der Waals surface area contributed by atoms with E-state index in [1.54, 1.807) is 0 Å². The first kappa shape index (κ1) is 29.0. The van der Waals surface area contributed by atoms with Crippen molar-refractivity contribution >= 4 is 34.5 Å². The standard InChI is InChI=1S/C37H45N3O3S/c1-35-19-24-21-38-40(26-9-4-3-5-10-26)30(24)18-25(35)13-14-27-28-16-17-37(43,36(28,2)20-31(41)34(27)35)32(42)22-44-33-15-12-23-8-6-7-11-29(23)39-33/h6-8,11-12,15,18,21,26-28,31,34,41,43H,3-5,9-10,13-14,16-17,19-20,22H2,1-2H3/t27-,28-,31-,34+,35-,36-,37-/m0/s1. The van der Waals surface area contributed by atoms with Gasteiger partial charge in [0.2, 0.25) is 0 Å². The van der Waals surface area contributed by atoms with Crippen LogP contribution in [-0.4, -0.2) is 48.2 Å². The molecule has 2 aromatic heterocycles. The first-order valence-corrected chi connectivity index (χ1v) is 17.9. The molecular weight excluding hydrogens is 566 g/mol. The molecule has 8 rings (SSSR count). The van der Waals surface area contributed by atoms with Crippen molar-refractivity contribution in [2.45, 2.75) is 107 Å². The molecule has 0 radical (unpaired) electrons. The lowest BCUT2D eigenvalue weighted by Crippen LogP contribution is -2.62. The minimum Gasteiger partial charge on any atom is -0.393 e. The molecule has 44 heavy (non-hydrogen) atoms. The minimum absolute atomic E-state index is 0.117. The van der Waals surface area contributed by atoms with Gasteiger partial charge in [0.25, 0.3) is 0 Å². The Bertz CT molecular complexity index is 1640. The normalized spacial score (nSPS) is 36.7. The maximum absolute atomic E-state index is 13.9. The fourth-order valence-electron chi connectivity index (χ4n) is 10.7. The van der Waals surface area contributed by atoms with Gasteiger partial charge in [-0.2, -0.15) is 5.10 Å². The molecule has 0 unspecified atom stereocenters. The second-order valence-corrected chi connectivity index (χ2v) is 16.0. The Morgan fingerprint density at radius 2 is 1.89 bits per heavy atom. The molecule has 2 heterocycles. The average Bonchev–Trinajstić information content (AvgIpc) is 3.55. The van der Waals surface area contributed by atoms with E-state index in [1.807, 2.05) is 36.4 Å². The molecule has 0 saturated heterocycles. The third kappa shape index (κ3) is 4.25. The van der Waals surface area contributed by atoms with Crippen LogP contribution in [0.4, 0.5) is 0 Å². The van der Waals surface area contributed by atoms with Crippen LogP contribution in [0.5, 0.6) is 0 Å². The van der Waals surface area contributed by atoms with Crippen LogP contribution in [-0.2, 0) is 11.2 Å². The SMILES string of the molecule is C[C@]12Cc3cnn(C4CCCCC4)c3C=C1CC[C@@H]1[C@@H]2[C@@H](O)C[C@@]2(C)[C@H]1CC[C@]2(O)C(=O)CSc1ccc2ccccc2n1. The fourth-order valence-corrected chi connectivity index (χ4v) is 11.5. The van der Waals surface area contributed by atoms with Gasteiger partial charge in [0.15, 0.2) is 5.78 Å². The van der Waals surface area contributed by atoms with Crippen molar-refractivity contribution in [3.8, 4) is 0 Å². The first-order valence-electron chi connectivity index (χ1n) is 16.9. The molecule has 0 spiro atoms. The van der Waals surface area contributed by atoms with Crippen molar-refractivity contribution in [3.63, 3.8) is 0 Å². The molecule has 4 saturated carbocycles. The number of fused-ring (bicyclic) bond motifs is 7. The zero-order valence-electron chi connectivity index (χ0n) is 26.0. The van der Waals surface area contributed by atoms with Gasteiger partial charge in [0, 0.05) is 10.8 Å². The zero-order valence-corrected chi connectivity index (χ0v) is 26.9. The molecular formula is C37H45N3O3S. The topological polar surface area (TPSA) is 88.2 Å². The van der Waals surface area contributed by atoms with E-state index in [4.69, 9.17) is 10.1 Å². The van der Waals surface area contributed by atoms with Gasteiger partial charge >= 0.3 is 0 Å². The number of para-hydroxylation sites is 1. The van der Waals surface area contributed by atoms with Crippen molar-refractivity contribution in [2.75, 3.05) is 5.75 Å². The van der Waals surface area contributed by atoms with Gasteiger partial charge in [-0.25, -0.2) is 4.98 Å². The molecule has 232 valence electrons. The number of carbonyl (C=O) groups is 1. The Morgan fingerprint density at radius 1 is 1.07 bits per heavy atom. The van der Waals surface area contributed by atoms with E-state index in [-0.39, 0.29) is 34.7 Å². The van der Waals surface area contributed by atoms with Crippen LogP contribution in [0.3, 0.4) is 0 Å². The van der Waals surface area contributed by atoms with Crippen molar-refractivity contribution in [1.82, 2.24) is 14.8 Å². The van der Waals surface area contributed by atoms with E-state index >= 15 is 0 Å². The summed E-state index contributed by atoms with van der Waals surface area (Å²) in [6, 6.07) is 12.5. The third-order valence-corrected chi connectivity index (χ3v) is 13.8. The number of rotatable bonds is 5. The molecule has 0 bridgehead atoms. The number of Topliss-reactive ketones (excluding diaryl/α,β-unsaturated/α-hetero) is 1. The quantitative estimate of drug-likeness (QED) is 0.297. The van der Waals surface area contributed by atoms with Crippen LogP contribution < -0.4 is 0 Å². The van der Waals surface area contributed by atoms with Crippen molar-refractivity contribution in [2.24, 2.45) is 28.6 Å². The highest BCUT2D eigenvalue weighted by Gasteiger charge is 2.68. The average molecular weight is 612 g/mol. The van der Waals surface area contributed by atoms with E-state index in [9.17, 15) is 15.0 Å². The number of thioether (sulfide) groups is 1. The van der Waals surface area contributed by atoms with Gasteiger partial charge in [-0.3, -0.25) is 9.48 Å². The number of nitrogens with zero attached hydrogens (tertiary/aromatic N) is 3. The smallest absolute Gasteiger partial charge is 0.175 e. The number of aliphatic hydroxyl groups excluding tert-OH is 1. The summed E-state index contributed by atoms with van der Waals surface area (Å²) in [7, 11) is 0. The Balaban J connectivity index is 1.03. The highest BCUT2D eigenvalue weighted by atomic mass is 32.2. The molecule has 3 aromatic rings. The highest BCUT2D eigenvalue weighted by Crippen LogP contribution is 2.67. The summed E-state index contributed by atoms with van der Waals surface area (Å²) < 4.78 is 2.32. The van der Waals surface area contributed by atoms with Crippen LogP contribution in [0.15, 0.2) is 53.2 Å². The second-order valence-electron chi connectivity index (χ2n) is 15.0. The van der Waals surface area contributed by atoms with Crippen LogP contribution in [0.25, 0.3) is 17.0 Å².